The lowest BCUT2D eigenvalue weighted by atomic mass is 10.2. The molecule has 0 radical (unpaired) electrons. The van der Waals surface area contributed by atoms with E-state index >= 15 is 0 Å². The average Bonchev–Trinajstić information content (AvgIpc) is 3.01. The van der Waals surface area contributed by atoms with Crippen LogP contribution in [0.5, 0.6) is 0 Å². The molecular formula is C18H19N3O3S. The molecule has 0 spiro atoms. The Kier molecular flexibility index (Phi) is 3.95. The number of nitrogens with one attached hydrogen (secondary N) is 1. The zero-order valence-electron chi connectivity index (χ0n) is 14.2. The number of rotatable bonds is 4. The Balaban J connectivity index is 1.43. The molecule has 6 nitrogen and oxygen atoms in total. The second-order valence-electron chi connectivity index (χ2n) is 6.28. The standard InChI is InChI=1S/C18H19N3O3S/c1-10-8-15(11(2)21(10)13-4-5-13)16(22)9-25-18-20-19-17(24-18)14-6-7-23-12(14)3/h6-8,13,19H,3-5,9H2,1-2H3. The fourth-order valence-electron chi connectivity index (χ4n) is 3.11. The van der Waals surface area contributed by atoms with Crippen molar-refractivity contribution in [2.45, 2.75) is 32.7 Å². The zero-order chi connectivity index (χ0) is 17.6. The third-order valence-electron chi connectivity index (χ3n) is 4.45. The van der Waals surface area contributed by atoms with E-state index in [-0.39, 0.29) is 11.5 Å². The van der Waals surface area contributed by atoms with Gasteiger partial charge in [-0.3, -0.25) is 4.79 Å². The number of carbonyl (C=O) groups excluding carboxylic acids is 1. The first kappa shape index (κ1) is 16.1. The summed E-state index contributed by atoms with van der Waals surface area (Å²) in [5.74, 6) is 0.845. The van der Waals surface area contributed by atoms with Gasteiger partial charge in [-0.05, 0) is 38.8 Å². The number of hydrogen-bond acceptors (Lipinski definition) is 6. The lowest BCUT2D eigenvalue weighted by molar-refractivity contribution is 0.102. The quantitative estimate of drug-likeness (QED) is 0.848. The van der Waals surface area contributed by atoms with Crippen molar-refractivity contribution in [3.63, 3.8) is 0 Å². The topological polar surface area (TPSA) is 68.8 Å². The molecule has 2 aromatic heterocycles. The third kappa shape index (κ3) is 3.00. The Labute approximate surface area is 149 Å². The summed E-state index contributed by atoms with van der Waals surface area (Å²) in [5.41, 5.74) is 6.32. The van der Waals surface area contributed by atoms with Crippen LogP contribution in [0.3, 0.4) is 0 Å². The minimum absolute atomic E-state index is 0.0888. The van der Waals surface area contributed by atoms with Crippen LogP contribution in [0, 0.1) is 13.8 Å². The summed E-state index contributed by atoms with van der Waals surface area (Å²) in [4.78, 5) is 12.6. The van der Waals surface area contributed by atoms with E-state index in [1.807, 2.05) is 13.0 Å². The molecular weight excluding hydrogens is 338 g/mol. The fraction of sp³-hybridized carbons (Fsp3) is 0.333. The third-order valence-corrected chi connectivity index (χ3v) is 5.28. The lowest BCUT2D eigenvalue weighted by Crippen LogP contribution is -2.25. The summed E-state index contributed by atoms with van der Waals surface area (Å²) >= 11 is 1.28. The predicted molar refractivity (Wildman–Crippen MR) is 97.5 cm³/mol. The van der Waals surface area contributed by atoms with Gasteiger partial charge in [0.25, 0.3) is 5.23 Å². The van der Waals surface area contributed by atoms with E-state index < -0.39 is 0 Å². The number of hydrazone groups is 1. The molecule has 1 saturated carbocycles. The van der Waals surface area contributed by atoms with Gasteiger partial charge in [0.15, 0.2) is 5.78 Å². The van der Waals surface area contributed by atoms with Gasteiger partial charge >= 0.3 is 0 Å². The van der Waals surface area contributed by atoms with E-state index in [2.05, 4.69) is 28.6 Å². The average molecular weight is 357 g/mol. The number of Topliss-reactive ketones (excluding diaryl/α,β-unsaturated/α-hetero) is 1. The highest BCUT2D eigenvalue weighted by Crippen LogP contribution is 2.38. The van der Waals surface area contributed by atoms with Crippen molar-refractivity contribution in [3.8, 4) is 0 Å². The smallest absolute Gasteiger partial charge is 0.274 e. The van der Waals surface area contributed by atoms with Crippen LogP contribution in [0.15, 0.2) is 27.9 Å². The summed E-state index contributed by atoms with van der Waals surface area (Å²) in [7, 11) is 0. The van der Waals surface area contributed by atoms with Crippen LogP contribution in [0.25, 0.3) is 12.5 Å². The molecule has 0 aromatic carbocycles. The summed E-state index contributed by atoms with van der Waals surface area (Å²) in [6.07, 6.45) is 3.95. The number of aromatic nitrogens is 1. The zero-order valence-corrected chi connectivity index (χ0v) is 15.0. The van der Waals surface area contributed by atoms with Gasteiger partial charge in [-0.15, -0.1) is 5.10 Å². The molecule has 0 unspecified atom stereocenters. The minimum atomic E-state index is 0.0888. The van der Waals surface area contributed by atoms with Crippen molar-refractivity contribution in [2.75, 3.05) is 5.75 Å². The summed E-state index contributed by atoms with van der Waals surface area (Å²) in [6, 6.07) is 4.32. The molecule has 1 N–H and O–H groups in total. The van der Waals surface area contributed by atoms with E-state index in [1.165, 1.54) is 24.6 Å². The molecule has 7 heteroatoms. The van der Waals surface area contributed by atoms with Crippen molar-refractivity contribution < 1.29 is 13.9 Å². The number of hydrogen-bond donors (Lipinski definition) is 1. The molecule has 0 bridgehead atoms. The molecule has 3 heterocycles. The van der Waals surface area contributed by atoms with Crippen LogP contribution in [-0.2, 0) is 4.74 Å². The van der Waals surface area contributed by atoms with E-state index in [4.69, 9.17) is 9.15 Å². The highest BCUT2D eigenvalue weighted by molar-refractivity contribution is 8.14. The first-order valence-electron chi connectivity index (χ1n) is 8.17. The summed E-state index contributed by atoms with van der Waals surface area (Å²) in [5, 5.41) is 5.24. The van der Waals surface area contributed by atoms with Gasteiger partial charge in [0, 0.05) is 23.0 Å². The molecule has 1 aliphatic carbocycles. The van der Waals surface area contributed by atoms with Gasteiger partial charge in [0.05, 0.1) is 17.2 Å². The van der Waals surface area contributed by atoms with Crippen LogP contribution < -0.4 is 16.1 Å². The van der Waals surface area contributed by atoms with Crippen molar-refractivity contribution in [2.24, 2.45) is 5.10 Å². The maximum absolute atomic E-state index is 12.6. The van der Waals surface area contributed by atoms with E-state index in [9.17, 15) is 4.79 Å². The van der Waals surface area contributed by atoms with Gasteiger partial charge in [0.1, 0.15) is 5.42 Å². The first-order chi connectivity index (χ1) is 12.0. The van der Waals surface area contributed by atoms with E-state index in [1.54, 1.807) is 12.3 Å². The summed E-state index contributed by atoms with van der Waals surface area (Å²) in [6.45, 7) is 7.87. The Bertz CT molecular complexity index is 982. The molecule has 0 atom stereocenters. The van der Waals surface area contributed by atoms with Gasteiger partial charge < -0.3 is 13.7 Å². The molecule has 25 heavy (non-hydrogen) atoms. The van der Waals surface area contributed by atoms with Gasteiger partial charge in [-0.2, -0.15) is 0 Å². The number of ether oxygens (including phenoxy) is 1. The molecule has 2 aliphatic rings. The van der Waals surface area contributed by atoms with Gasteiger partial charge in [-0.25, -0.2) is 5.43 Å². The Hall–Kier alpha value is -2.41. The molecule has 130 valence electrons. The van der Waals surface area contributed by atoms with Crippen LogP contribution >= 0.6 is 11.8 Å². The molecule has 1 aliphatic heterocycles. The number of ketones is 1. The number of carbonyl (C=O) groups is 1. The van der Waals surface area contributed by atoms with Crippen molar-refractivity contribution in [1.29, 1.82) is 0 Å². The fourth-order valence-corrected chi connectivity index (χ4v) is 3.77. The maximum Gasteiger partial charge on any atom is 0.274 e. The summed E-state index contributed by atoms with van der Waals surface area (Å²) < 4.78 is 13.1. The second kappa shape index (κ2) is 6.15. The van der Waals surface area contributed by atoms with Gasteiger partial charge in [-0.1, -0.05) is 18.3 Å². The molecule has 0 amide bonds. The molecule has 2 aromatic rings. The second-order valence-corrected chi connectivity index (χ2v) is 7.20. The Morgan fingerprint density at radius 1 is 1.48 bits per heavy atom. The van der Waals surface area contributed by atoms with Crippen molar-refractivity contribution in [1.82, 2.24) is 9.99 Å². The van der Waals surface area contributed by atoms with E-state index in [0.29, 0.717) is 22.6 Å². The molecule has 4 rings (SSSR count). The van der Waals surface area contributed by atoms with Crippen LogP contribution in [0.2, 0.25) is 0 Å². The largest absolute Gasteiger partial charge is 0.465 e. The van der Waals surface area contributed by atoms with Crippen molar-refractivity contribution in [3.05, 3.63) is 46.0 Å². The molecule has 1 fully saturated rings. The van der Waals surface area contributed by atoms with E-state index in [0.717, 1.165) is 22.2 Å². The normalized spacial score (nSPS) is 18.7. The Morgan fingerprint density at radius 3 is 2.96 bits per heavy atom. The predicted octanol–water partition coefficient (Wildman–Crippen LogP) is 2.02. The first-order valence-corrected chi connectivity index (χ1v) is 9.16. The number of nitrogens with zero attached hydrogens (tertiary/aromatic N) is 2. The maximum atomic E-state index is 12.6. The lowest BCUT2D eigenvalue weighted by Gasteiger charge is -2.07. The molecule has 0 saturated heterocycles. The van der Waals surface area contributed by atoms with Crippen molar-refractivity contribution >= 4 is 35.2 Å². The SMILES string of the molecule is C=c1occc1=C1NN=C(SCC(=O)c2cc(C)n(C3CC3)c2C)O1. The van der Waals surface area contributed by atoms with Gasteiger partial charge in [0.2, 0.25) is 5.88 Å². The van der Waals surface area contributed by atoms with Crippen LogP contribution in [0.4, 0.5) is 0 Å². The monoisotopic (exact) mass is 357 g/mol. The number of aryl methyl sites for hydroxylation is 1. The highest BCUT2D eigenvalue weighted by Gasteiger charge is 2.28. The Morgan fingerprint density at radius 2 is 2.28 bits per heavy atom. The van der Waals surface area contributed by atoms with Crippen LogP contribution in [-0.4, -0.2) is 21.3 Å². The number of furan rings is 1. The number of thioether (sulfide) groups is 1. The van der Waals surface area contributed by atoms with Crippen LogP contribution in [0.1, 0.15) is 40.6 Å². The minimum Gasteiger partial charge on any atom is -0.465 e. The highest BCUT2D eigenvalue weighted by atomic mass is 32.2.